The number of anilines is 1. The fourth-order valence-electron chi connectivity index (χ4n) is 2.00. The molecule has 1 aliphatic heterocycles. The summed E-state index contributed by atoms with van der Waals surface area (Å²) in [5.41, 5.74) is 0.565. The van der Waals surface area contributed by atoms with Gasteiger partial charge in [-0.1, -0.05) is 30.0 Å². The molecule has 1 aromatic rings. The van der Waals surface area contributed by atoms with Gasteiger partial charge in [-0.15, -0.1) is 0 Å². The van der Waals surface area contributed by atoms with Gasteiger partial charge < -0.3 is 5.32 Å². The Morgan fingerprint density at radius 1 is 1.33 bits per heavy atom. The van der Waals surface area contributed by atoms with Crippen molar-refractivity contribution in [3.8, 4) is 0 Å². The molecule has 2 rings (SSSR count). The lowest BCUT2D eigenvalue weighted by molar-refractivity contribution is 0.240. The molecule has 4 nitrogen and oxygen atoms in total. The van der Waals surface area contributed by atoms with Gasteiger partial charge in [0.25, 0.3) is 0 Å². The first-order chi connectivity index (χ1) is 9.87. The van der Waals surface area contributed by atoms with Crippen LogP contribution in [0.3, 0.4) is 0 Å². The van der Waals surface area contributed by atoms with Gasteiger partial charge in [0.1, 0.15) is 0 Å². The van der Waals surface area contributed by atoms with E-state index in [0.717, 1.165) is 23.0 Å². The third-order valence-electron chi connectivity index (χ3n) is 2.99. The van der Waals surface area contributed by atoms with E-state index in [2.05, 4.69) is 17.2 Å². The number of hydrogen-bond acceptors (Lipinski definition) is 3. The van der Waals surface area contributed by atoms with Crippen molar-refractivity contribution in [2.75, 3.05) is 10.7 Å². The summed E-state index contributed by atoms with van der Waals surface area (Å²) < 4.78 is 0. The van der Waals surface area contributed by atoms with E-state index in [1.54, 1.807) is 16.7 Å². The second-order valence-electron chi connectivity index (χ2n) is 6.25. The monoisotopic (exact) mass is 305 g/mol. The number of hydrogen-bond donors (Lipinski definition) is 1. The molecule has 1 N–H and O–H groups in total. The van der Waals surface area contributed by atoms with E-state index in [1.165, 1.54) is 0 Å². The highest BCUT2D eigenvalue weighted by Gasteiger charge is 2.27. The predicted molar refractivity (Wildman–Crippen MR) is 91.2 cm³/mol. The van der Waals surface area contributed by atoms with Crippen LogP contribution in [0.5, 0.6) is 0 Å². The van der Waals surface area contributed by atoms with Crippen LogP contribution in [0, 0.1) is 0 Å². The zero-order valence-corrected chi connectivity index (χ0v) is 13.9. The molecule has 1 heterocycles. The molecule has 2 amide bonds. The Labute approximate surface area is 131 Å². The molecule has 0 saturated carbocycles. The fourth-order valence-corrected chi connectivity index (χ4v) is 3.22. The Kier molecular flexibility index (Phi) is 4.93. The molecule has 0 bridgehead atoms. The van der Waals surface area contributed by atoms with Gasteiger partial charge in [0.2, 0.25) is 0 Å². The molecule has 0 fully saturated rings. The average molecular weight is 305 g/mol. The highest BCUT2D eigenvalue weighted by Crippen LogP contribution is 2.25. The zero-order valence-electron chi connectivity index (χ0n) is 13.1. The maximum absolute atomic E-state index is 12.7. The van der Waals surface area contributed by atoms with Crippen LogP contribution in [0.25, 0.3) is 0 Å². The number of amides is 2. The molecule has 0 radical (unpaired) electrons. The predicted octanol–water partition coefficient (Wildman–Crippen LogP) is 3.88. The minimum absolute atomic E-state index is 0.131. The second-order valence-corrected chi connectivity index (χ2v) is 7.31. The van der Waals surface area contributed by atoms with Crippen molar-refractivity contribution >= 4 is 28.6 Å². The van der Waals surface area contributed by atoms with Crippen LogP contribution in [-0.4, -0.2) is 28.5 Å². The van der Waals surface area contributed by atoms with E-state index < -0.39 is 0 Å². The molecule has 0 saturated heterocycles. The number of rotatable bonds is 1. The van der Waals surface area contributed by atoms with E-state index >= 15 is 0 Å². The van der Waals surface area contributed by atoms with E-state index in [0.29, 0.717) is 0 Å². The maximum Gasteiger partial charge on any atom is 0.328 e. The lowest BCUT2D eigenvalue weighted by Gasteiger charge is -2.30. The molecule has 1 aromatic carbocycles. The summed E-state index contributed by atoms with van der Waals surface area (Å²) >= 11 is 1.64. The van der Waals surface area contributed by atoms with Gasteiger partial charge in [0, 0.05) is 11.3 Å². The van der Waals surface area contributed by atoms with Gasteiger partial charge in [-0.25, -0.2) is 9.69 Å². The molecule has 0 aliphatic carbocycles. The van der Waals surface area contributed by atoms with Crippen LogP contribution in [0.4, 0.5) is 10.5 Å². The minimum Gasteiger partial charge on any atom is -0.333 e. The SMILES string of the molecule is CC1CCSC(N(C(=O)NC(C)(C)C)c2ccccc2)=N1. The number of para-hydroxylation sites is 1. The van der Waals surface area contributed by atoms with E-state index in [1.807, 2.05) is 51.1 Å². The molecule has 21 heavy (non-hydrogen) atoms. The van der Waals surface area contributed by atoms with E-state index in [-0.39, 0.29) is 17.6 Å². The van der Waals surface area contributed by atoms with E-state index in [9.17, 15) is 4.79 Å². The number of thioether (sulfide) groups is 1. The Balaban J connectivity index is 2.33. The number of nitrogens with one attached hydrogen (secondary N) is 1. The van der Waals surface area contributed by atoms with Crippen molar-refractivity contribution in [2.45, 2.75) is 45.7 Å². The Bertz CT molecular complexity index is 522. The molecule has 1 unspecified atom stereocenters. The van der Waals surface area contributed by atoms with Crippen molar-refractivity contribution in [2.24, 2.45) is 4.99 Å². The van der Waals surface area contributed by atoms with Gasteiger partial charge in [-0.05, 0) is 46.2 Å². The number of benzene rings is 1. The minimum atomic E-state index is -0.282. The number of nitrogens with zero attached hydrogens (tertiary/aromatic N) is 2. The quantitative estimate of drug-likeness (QED) is 0.855. The third-order valence-corrected chi connectivity index (χ3v) is 3.97. The first-order valence-electron chi connectivity index (χ1n) is 7.25. The molecule has 114 valence electrons. The van der Waals surface area contributed by atoms with Crippen LogP contribution < -0.4 is 10.2 Å². The number of amidine groups is 1. The van der Waals surface area contributed by atoms with Gasteiger partial charge in [0.05, 0.1) is 11.7 Å². The van der Waals surface area contributed by atoms with Crippen molar-refractivity contribution < 1.29 is 4.79 Å². The van der Waals surface area contributed by atoms with Crippen LogP contribution in [0.1, 0.15) is 34.1 Å². The standard InChI is InChI=1S/C16H23N3OS/c1-12-10-11-21-15(17-12)19(13-8-6-5-7-9-13)14(20)18-16(2,3)4/h5-9,12H,10-11H2,1-4H3,(H,18,20). The molecule has 0 aromatic heterocycles. The van der Waals surface area contributed by atoms with Crippen molar-refractivity contribution in [3.05, 3.63) is 30.3 Å². The van der Waals surface area contributed by atoms with Crippen molar-refractivity contribution in [1.82, 2.24) is 5.32 Å². The lowest BCUT2D eigenvalue weighted by atomic mass is 10.1. The Morgan fingerprint density at radius 3 is 2.57 bits per heavy atom. The summed E-state index contributed by atoms with van der Waals surface area (Å²) in [5.74, 6) is 0.992. The Morgan fingerprint density at radius 2 is 2.00 bits per heavy atom. The van der Waals surface area contributed by atoms with E-state index in [4.69, 9.17) is 0 Å². The topological polar surface area (TPSA) is 44.7 Å². The summed E-state index contributed by atoms with van der Waals surface area (Å²) in [7, 11) is 0. The number of urea groups is 1. The second kappa shape index (κ2) is 6.52. The largest absolute Gasteiger partial charge is 0.333 e. The Hall–Kier alpha value is -1.49. The average Bonchev–Trinajstić information content (AvgIpc) is 2.38. The van der Waals surface area contributed by atoms with Crippen molar-refractivity contribution in [1.29, 1.82) is 0 Å². The molecule has 5 heteroatoms. The highest BCUT2D eigenvalue weighted by molar-refractivity contribution is 8.14. The van der Waals surface area contributed by atoms with Gasteiger partial charge in [0.15, 0.2) is 5.17 Å². The first kappa shape index (κ1) is 15.9. The molecular formula is C16H23N3OS. The first-order valence-corrected chi connectivity index (χ1v) is 8.23. The fraction of sp³-hybridized carbons (Fsp3) is 0.500. The van der Waals surface area contributed by atoms with Crippen LogP contribution in [-0.2, 0) is 0 Å². The van der Waals surface area contributed by atoms with Crippen LogP contribution >= 0.6 is 11.8 Å². The number of carbonyl (C=O) groups is 1. The van der Waals surface area contributed by atoms with Gasteiger partial charge in [-0.3, -0.25) is 4.99 Å². The summed E-state index contributed by atoms with van der Waals surface area (Å²) in [6.07, 6.45) is 1.05. The smallest absolute Gasteiger partial charge is 0.328 e. The normalized spacial score (nSPS) is 18.9. The van der Waals surface area contributed by atoms with Crippen molar-refractivity contribution in [3.63, 3.8) is 0 Å². The van der Waals surface area contributed by atoms with Crippen LogP contribution in [0.2, 0.25) is 0 Å². The molecule has 0 spiro atoms. The summed E-state index contributed by atoms with van der Waals surface area (Å²) in [5, 5.41) is 3.80. The summed E-state index contributed by atoms with van der Waals surface area (Å²) in [6.45, 7) is 8.02. The lowest BCUT2D eigenvalue weighted by Crippen LogP contribution is -2.50. The summed E-state index contributed by atoms with van der Waals surface area (Å²) in [4.78, 5) is 19.0. The van der Waals surface area contributed by atoms with Gasteiger partial charge in [-0.2, -0.15) is 0 Å². The molecule has 1 atom stereocenters. The molecular weight excluding hydrogens is 282 g/mol. The molecule has 1 aliphatic rings. The summed E-state index contributed by atoms with van der Waals surface area (Å²) in [6, 6.07) is 9.81. The maximum atomic E-state index is 12.7. The van der Waals surface area contributed by atoms with Crippen LogP contribution in [0.15, 0.2) is 35.3 Å². The number of carbonyl (C=O) groups excluding carboxylic acids is 1. The zero-order chi connectivity index (χ0) is 15.5. The third kappa shape index (κ3) is 4.49. The van der Waals surface area contributed by atoms with Gasteiger partial charge >= 0.3 is 6.03 Å². The highest BCUT2D eigenvalue weighted by atomic mass is 32.2. The number of aliphatic imine (C=N–C) groups is 1.